The van der Waals surface area contributed by atoms with Gasteiger partial charge in [0, 0.05) is 11.1 Å². The fraction of sp³-hybridized carbons (Fsp3) is 0.286. The number of fused-ring (bicyclic) bond motifs is 1. The van der Waals surface area contributed by atoms with Gasteiger partial charge in [0.15, 0.2) is 5.65 Å². The van der Waals surface area contributed by atoms with Crippen LogP contribution in [0, 0.1) is 13.8 Å². The fourth-order valence-electron chi connectivity index (χ4n) is 3.43. The summed E-state index contributed by atoms with van der Waals surface area (Å²) in [4.78, 5) is 5.91. The first-order chi connectivity index (χ1) is 13.0. The number of nitrogens with zero attached hydrogens (tertiary/aromatic N) is 2. The van der Waals surface area contributed by atoms with Gasteiger partial charge in [0.1, 0.15) is 5.75 Å². The highest BCUT2D eigenvalue weighted by Gasteiger charge is 2.21. The van der Waals surface area contributed by atoms with Crippen molar-refractivity contribution in [2.24, 2.45) is 0 Å². The Morgan fingerprint density at radius 3 is 2.78 bits per heavy atom. The van der Waals surface area contributed by atoms with Crippen LogP contribution in [0.25, 0.3) is 11.3 Å². The molecule has 0 bridgehead atoms. The van der Waals surface area contributed by atoms with E-state index in [1.807, 2.05) is 36.9 Å². The van der Waals surface area contributed by atoms with Crippen molar-refractivity contribution >= 4 is 34.7 Å². The van der Waals surface area contributed by atoms with Gasteiger partial charge in [-0.05, 0) is 62.6 Å². The lowest BCUT2D eigenvalue weighted by Gasteiger charge is -2.25. The molecule has 1 unspecified atom stereocenters. The van der Waals surface area contributed by atoms with E-state index in [0.717, 1.165) is 46.9 Å². The van der Waals surface area contributed by atoms with Crippen LogP contribution in [0.4, 0.5) is 0 Å². The average molecular weight is 400 g/mol. The molecule has 1 atom stereocenters. The molecule has 0 radical (unpaired) electrons. The number of allylic oxidation sites excluding steroid dienone is 1. The standard InChI is InChI=1S/C21H22ClN3OS/c1-13-11-17(22)21-23-14(2)20(25(21)12-13)18-5-4-6-19(24-18)27-16-9-7-15(26-3)8-10-16/h5,7-12,19,24H,4,6H2,1-3H3. The van der Waals surface area contributed by atoms with Crippen LogP contribution in [0.15, 0.2) is 47.5 Å². The molecule has 0 spiro atoms. The van der Waals surface area contributed by atoms with Crippen molar-refractivity contribution in [3.63, 3.8) is 0 Å². The van der Waals surface area contributed by atoms with Gasteiger partial charge in [-0.1, -0.05) is 17.7 Å². The number of ether oxygens (including phenoxy) is 1. The Bertz CT molecular complexity index is 1010. The van der Waals surface area contributed by atoms with Gasteiger partial charge in [0.2, 0.25) is 0 Å². The third kappa shape index (κ3) is 3.66. The summed E-state index contributed by atoms with van der Waals surface area (Å²) in [5.41, 5.74) is 5.13. The van der Waals surface area contributed by atoms with Crippen LogP contribution in [-0.4, -0.2) is 21.9 Å². The highest BCUT2D eigenvalue weighted by molar-refractivity contribution is 7.99. The lowest BCUT2D eigenvalue weighted by atomic mass is 10.1. The third-order valence-electron chi connectivity index (χ3n) is 4.67. The molecule has 1 N–H and O–H groups in total. The molecule has 6 heteroatoms. The topological polar surface area (TPSA) is 38.6 Å². The number of hydrogen-bond acceptors (Lipinski definition) is 4. The predicted octanol–water partition coefficient (Wildman–Crippen LogP) is 5.46. The molecule has 0 saturated heterocycles. The van der Waals surface area contributed by atoms with Gasteiger partial charge in [-0.3, -0.25) is 4.40 Å². The number of imidazole rings is 1. The van der Waals surface area contributed by atoms with Gasteiger partial charge in [0.25, 0.3) is 0 Å². The van der Waals surface area contributed by atoms with Crippen LogP contribution >= 0.6 is 23.4 Å². The minimum absolute atomic E-state index is 0.309. The minimum atomic E-state index is 0.309. The van der Waals surface area contributed by atoms with E-state index >= 15 is 0 Å². The van der Waals surface area contributed by atoms with E-state index in [1.54, 1.807) is 7.11 Å². The van der Waals surface area contributed by atoms with Gasteiger partial charge in [0.05, 0.1) is 34.6 Å². The van der Waals surface area contributed by atoms with Crippen LogP contribution in [0.3, 0.4) is 0 Å². The molecule has 0 amide bonds. The Morgan fingerprint density at radius 1 is 1.26 bits per heavy atom. The fourth-order valence-corrected chi connectivity index (χ4v) is 4.79. The number of thioether (sulfide) groups is 1. The molecule has 3 heterocycles. The normalized spacial score (nSPS) is 16.9. The van der Waals surface area contributed by atoms with E-state index in [9.17, 15) is 0 Å². The number of hydrogen-bond donors (Lipinski definition) is 1. The Kier molecular flexibility index (Phi) is 5.06. The van der Waals surface area contributed by atoms with Gasteiger partial charge in [-0.2, -0.15) is 0 Å². The van der Waals surface area contributed by atoms with Crippen LogP contribution in [-0.2, 0) is 0 Å². The summed E-state index contributed by atoms with van der Waals surface area (Å²) < 4.78 is 7.35. The molecule has 0 saturated carbocycles. The first-order valence-corrected chi connectivity index (χ1v) is 10.2. The molecule has 4 rings (SSSR count). The molecule has 1 aliphatic heterocycles. The number of nitrogens with one attached hydrogen (secondary N) is 1. The summed E-state index contributed by atoms with van der Waals surface area (Å²) in [6, 6.07) is 10.2. The van der Waals surface area contributed by atoms with E-state index in [-0.39, 0.29) is 0 Å². The molecule has 4 nitrogen and oxygen atoms in total. The van der Waals surface area contributed by atoms with Crippen molar-refractivity contribution in [2.45, 2.75) is 37.0 Å². The molecular formula is C21H22ClN3OS. The van der Waals surface area contributed by atoms with Crippen molar-refractivity contribution in [3.8, 4) is 5.75 Å². The lowest BCUT2D eigenvalue weighted by Crippen LogP contribution is -2.28. The second-order valence-corrected chi connectivity index (χ2v) is 8.41. The zero-order valence-corrected chi connectivity index (χ0v) is 17.2. The van der Waals surface area contributed by atoms with Gasteiger partial charge < -0.3 is 10.1 Å². The van der Waals surface area contributed by atoms with Crippen molar-refractivity contribution in [1.29, 1.82) is 0 Å². The molecule has 140 valence electrons. The smallest absolute Gasteiger partial charge is 0.156 e. The number of benzene rings is 1. The minimum Gasteiger partial charge on any atom is -0.497 e. The summed E-state index contributed by atoms with van der Waals surface area (Å²) in [6.45, 7) is 4.09. The van der Waals surface area contributed by atoms with Crippen molar-refractivity contribution in [1.82, 2.24) is 14.7 Å². The van der Waals surface area contributed by atoms with Crippen molar-refractivity contribution < 1.29 is 4.74 Å². The van der Waals surface area contributed by atoms with Gasteiger partial charge in [-0.15, -0.1) is 11.8 Å². The van der Waals surface area contributed by atoms with Crippen LogP contribution in [0.5, 0.6) is 5.75 Å². The molecule has 0 aliphatic carbocycles. The first-order valence-electron chi connectivity index (χ1n) is 8.98. The number of aromatic nitrogens is 2. The molecule has 1 aliphatic rings. The molecule has 1 aromatic carbocycles. The van der Waals surface area contributed by atoms with Gasteiger partial charge >= 0.3 is 0 Å². The maximum atomic E-state index is 6.41. The van der Waals surface area contributed by atoms with Crippen molar-refractivity contribution in [3.05, 3.63) is 64.6 Å². The first kappa shape index (κ1) is 18.3. The van der Waals surface area contributed by atoms with E-state index in [1.165, 1.54) is 4.90 Å². The Hall–Kier alpha value is -2.11. The Morgan fingerprint density at radius 2 is 2.04 bits per heavy atom. The second kappa shape index (κ2) is 7.49. The van der Waals surface area contributed by atoms with Gasteiger partial charge in [-0.25, -0.2) is 4.98 Å². The molecule has 3 aromatic rings. The summed E-state index contributed by atoms with van der Waals surface area (Å²) in [6.07, 6.45) is 6.47. The van der Waals surface area contributed by atoms with E-state index in [4.69, 9.17) is 16.3 Å². The third-order valence-corrected chi connectivity index (χ3v) is 6.13. The maximum Gasteiger partial charge on any atom is 0.156 e. The molecular weight excluding hydrogens is 378 g/mol. The Labute approximate surface area is 168 Å². The maximum absolute atomic E-state index is 6.41. The van der Waals surface area contributed by atoms with E-state index in [0.29, 0.717) is 10.4 Å². The summed E-state index contributed by atoms with van der Waals surface area (Å²) in [7, 11) is 1.69. The lowest BCUT2D eigenvalue weighted by molar-refractivity contribution is 0.414. The number of halogens is 1. The predicted molar refractivity (Wildman–Crippen MR) is 113 cm³/mol. The highest BCUT2D eigenvalue weighted by Crippen LogP contribution is 2.33. The van der Waals surface area contributed by atoms with Crippen LogP contribution in [0.1, 0.15) is 29.8 Å². The Balaban J connectivity index is 1.60. The average Bonchev–Trinajstić information content (AvgIpc) is 2.99. The summed E-state index contributed by atoms with van der Waals surface area (Å²) >= 11 is 8.25. The monoisotopic (exact) mass is 399 g/mol. The highest BCUT2D eigenvalue weighted by atomic mass is 35.5. The van der Waals surface area contributed by atoms with E-state index < -0.39 is 0 Å². The van der Waals surface area contributed by atoms with Crippen LogP contribution < -0.4 is 10.1 Å². The SMILES string of the molecule is COc1ccc(SC2CCC=C(c3c(C)nc4c(Cl)cc(C)cn34)N2)cc1. The summed E-state index contributed by atoms with van der Waals surface area (Å²) in [5, 5.41) is 4.69. The number of methoxy groups -OCH3 is 1. The number of aryl methyl sites for hydroxylation is 2. The number of pyridine rings is 1. The molecule has 2 aromatic heterocycles. The zero-order valence-electron chi connectivity index (χ0n) is 15.6. The number of rotatable bonds is 4. The summed E-state index contributed by atoms with van der Waals surface area (Å²) in [5.74, 6) is 0.880. The largest absolute Gasteiger partial charge is 0.497 e. The van der Waals surface area contributed by atoms with Crippen molar-refractivity contribution in [2.75, 3.05) is 7.11 Å². The molecule has 0 fully saturated rings. The second-order valence-electron chi connectivity index (χ2n) is 6.73. The van der Waals surface area contributed by atoms with E-state index in [2.05, 4.69) is 46.0 Å². The zero-order chi connectivity index (χ0) is 19.0. The quantitative estimate of drug-likeness (QED) is 0.632. The molecule has 27 heavy (non-hydrogen) atoms. The van der Waals surface area contributed by atoms with Crippen LogP contribution in [0.2, 0.25) is 5.02 Å².